The van der Waals surface area contributed by atoms with Crippen LogP contribution in [0, 0.1) is 17.2 Å². The van der Waals surface area contributed by atoms with Crippen LogP contribution < -0.4 is 0 Å². The molecule has 4 heteroatoms. The van der Waals surface area contributed by atoms with Gasteiger partial charge in [0.15, 0.2) is 0 Å². The third kappa shape index (κ3) is 2.62. The molecule has 0 saturated carbocycles. The summed E-state index contributed by atoms with van der Waals surface area (Å²) in [5.41, 5.74) is 2.00. The maximum atomic E-state index is 9.16. The van der Waals surface area contributed by atoms with Crippen molar-refractivity contribution in [3.63, 3.8) is 0 Å². The van der Waals surface area contributed by atoms with E-state index in [4.69, 9.17) is 5.26 Å². The number of nitriles is 1. The molecule has 1 N–H and O–H groups in total. The molecule has 0 fully saturated rings. The first-order valence-electron chi connectivity index (χ1n) is 5.82. The predicted octanol–water partition coefficient (Wildman–Crippen LogP) is 4.10. The third-order valence-electron chi connectivity index (χ3n) is 2.83. The van der Waals surface area contributed by atoms with E-state index in [0.29, 0.717) is 0 Å². The molecule has 1 aromatic heterocycles. The summed E-state index contributed by atoms with van der Waals surface area (Å²) >= 11 is 3.45. The van der Waals surface area contributed by atoms with Crippen molar-refractivity contribution in [2.75, 3.05) is 0 Å². The van der Waals surface area contributed by atoms with Crippen LogP contribution in [0.3, 0.4) is 0 Å². The third-order valence-corrected chi connectivity index (χ3v) is 3.32. The van der Waals surface area contributed by atoms with Gasteiger partial charge in [-0.15, -0.1) is 0 Å². The molecule has 0 saturated heterocycles. The minimum atomic E-state index is -0.189. The predicted molar refractivity (Wildman–Crippen MR) is 74.9 cm³/mol. The molecule has 92 valence electrons. The Balaban J connectivity index is 2.34. The Bertz CT molecular complexity index is 581. The van der Waals surface area contributed by atoms with Gasteiger partial charge in [-0.3, -0.25) is 0 Å². The smallest absolute Gasteiger partial charge is 0.124 e. The number of hydrogen-bond acceptors (Lipinski definition) is 2. The molecule has 0 aliphatic heterocycles. The average Bonchev–Trinajstić information content (AvgIpc) is 2.79. The van der Waals surface area contributed by atoms with Gasteiger partial charge in [-0.2, -0.15) is 5.26 Å². The van der Waals surface area contributed by atoms with Crippen molar-refractivity contribution in [1.82, 2.24) is 9.97 Å². The molecule has 18 heavy (non-hydrogen) atoms. The lowest BCUT2D eigenvalue weighted by molar-refractivity contribution is 0.566. The number of nitrogens with zero attached hydrogens (tertiary/aromatic N) is 2. The van der Waals surface area contributed by atoms with Crippen LogP contribution in [0.2, 0.25) is 0 Å². The van der Waals surface area contributed by atoms with Gasteiger partial charge in [0.25, 0.3) is 0 Å². The first-order valence-corrected chi connectivity index (χ1v) is 6.61. The fourth-order valence-electron chi connectivity index (χ4n) is 1.82. The van der Waals surface area contributed by atoms with Gasteiger partial charge in [-0.05, 0) is 18.1 Å². The number of hydrogen-bond donors (Lipinski definition) is 1. The molecule has 0 aliphatic carbocycles. The van der Waals surface area contributed by atoms with E-state index in [-0.39, 0.29) is 11.8 Å². The highest BCUT2D eigenvalue weighted by molar-refractivity contribution is 9.10. The van der Waals surface area contributed by atoms with Gasteiger partial charge >= 0.3 is 0 Å². The second-order valence-corrected chi connectivity index (χ2v) is 5.46. The molecule has 1 unspecified atom stereocenters. The Morgan fingerprint density at radius 1 is 1.39 bits per heavy atom. The Labute approximate surface area is 115 Å². The first-order chi connectivity index (χ1) is 8.61. The van der Waals surface area contributed by atoms with Crippen molar-refractivity contribution < 1.29 is 0 Å². The number of halogens is 1. The van der Waals surface area contributed by atoms with Gasteiger partial charge in [0.2, 0.25) is 0 Å². The van der Waals surface area contributed by atoms with Crippen molar-refractivity contribution in [3.8, 4) is 17.3 Å². The van der Waals surface area contributed by atoms with E-state index in [1.165, 1.54) is 0 Å². The van der Waals surface area contributed by atoms with Crippen molar-refractivity contribution in [1.29, 1.82) is 5.26 Å². The zero-order valence-electron chi connectivity index (χ0n) is 10.3. The summed E-state index contributed by atoms with van der Waals surface area (Å²) in [5, 5.41) is 9.16. The topological polar surface area (TPSA) is 52.5 Å². The van der Waals surface area contributed by atoms with Gasteiger partial charge in [-0.25, -0.2) is 4.98 Å². The molecular weight excluding hydrogens is 290 g/mol. The van der Waals surface area contributed by atoms with Gasteiger partial charge in [0.1, 0.15) is 11.7 Å². The van der Waals surface area contributed by atoms with Crippen LogP contribution in [-0.2, 0) is 0 Å². The van der Waals surface area contributed by atoms with Crippen LogP contribution in [0.5, 0.6) is 0 Å². The van der Waals surface area contributed by atoms with Crippen molar-refractivity contribution >= 4 is 15.9 Å². The second kappa shape index (κ2) is 5.36. The Morgan fingerprint density at radius 3 is 2.78 bits per heavy atom. The average molecular weight is 304 g/mol. The van der Waals surface area contributed by atoms with E-state index in [2.05, 4.69) is 32.0 Å². The normalized spacial score (nSPS) is 12.4. The number of nitrogens with one attached hydrogen (secondary N) is 1. The van der Waals surface area contributed by atoms with Gasteiger partial charge in [0, 0.05) is 10.0 Å². The fourth-order valence-corrected chi connectivity index (χ4v) is 2.22. The zero-order chi connectivity index (χ0) is 13.1. The molecule has 2 aromatic rings. The number of aromatic amines is 1. The summed E-state index contributed by atoms with van der Waals surface area (Å²) in [5.74, 6) is 0.796. The minimum Gasteiger partial charge on any atom is -0.341 e. The second-order valence-electron chi connectivity index (χ2n) is 4.54. The molecule has 3 nitrogen and oxygen atoms in total. The Morgan fingerprint density at radius 2 is 2.17 bits per heavy atom. The molecule has 0 aliphatic rings. The highest BCUT2D eigenvalue weighted by atomic mass is 79.9. The quantitative estimate of drug-likeness (QED) is 0.928. The van der Waals surface area contributed by atoms with E-state index >= 15 is 0 Å². The highest BCUT2D eigenvalue weighted by Crippen LogP contribution is 2.25. The SMILES string of the molecule is CC(C)C(C#N)c1ncc(-c2cccc(Br)c2)[nH]1. The van der Waals surface area contributed by atoms with E-state index < -0.39 is 0 Å². The van der Waals surface area contributed by atoms with Crippen molar-refractivity contribution in [2.24, 2.45) is 5.92 Å². The molecule has 0 amide bonds. The maximum absolute atomic E-state index is 9.16. The number of rotatable bonds is 3. The first kappa shape index (κ1) is 12.8. The summed E-state index contributed by atoms with van der Waals surface area (Å²) in [7, 11) is 0. The zero-order valence-corrected chi connectivity index (χ0v) is 11.9. The molecule has 0 bridgehead atoms. The maximum Gasteiger partial charge on any atom is 0.124 e. The summed E-state index contributed by atoms with van der Waals surface area (Å²) < 4.78 is 1.02. The van der Waals surface area contributed by atoms with Crippen molar-refractivity contribution in [2.45, 2.75) is 19.8 Å². The molecular formula is C14H14BrN3. The summed E-state index contributed by atoms with van der Waals surface area (Å²) in [6.07, 6.45) is 1.78. The number of aromatic nitrogens is 2. The summed E-state index contributed by atoms with van der Waals surface area (Å²) in [6.45, 7) is 4.05. The lowest BCUT2D eigenvalue weighted by Gasteiger charge is -2.09. The van der Waals surface area contributed by atoms with Crippen LogP contribution in [0.1, 0.15) is 25.6 Å². The van der Waals surface area contributed by atoms with E-state index in [1.54, 1.807) is 6.20 Å². The van der Waals surface area contributed by atoms with Crippen LogP contribution in [-0.4, -0.2) is 9.97 Å². The molecule has 1 heterocycles. The molecule has 1 aromatic carbocycles. The number of benzene rings is 1. The fraction of sp³-hybridized carbons (Fsp3) is 0.286. The lowest BCUT2D eigenvalue weighted by Crippen LogP contribution is -2.05. The highest BCUT2D eigenvalue weighted by Gasteiger charge is 2.18. The Hall–Kier alpha value is -1.60. The van der Waals surface area contributed by atoms with Gasteiger partial charge < -0.3 is 4.98 Å². The molecule has 1 atom stereocenters. The molecule has 2 rings (SSSR count). The summed E-state index contributed by atoms with van der Waals surface area (Å²) in [6, 6.07) is 10.3. The molecule has 0 spiro atoms. The van der Waals surface area contributed by atoms with Gasteiger partial charge in [-0.1, -0.05) is 41.9 Å². The van der Waals surface area contributed by atoms with Gasteiger partial charge in [0.05, 0.1) is 18.0 Å². The minimum absolute atomic E-state index is 0.189. The largest absolute Gasteiger partial charge is 0.341 e. The van der Waals surface area contributed by atoms with Crippen LogP contribution in [0.15, 0.2) is 34.9 Å². The lowest BCUT2D eigenvalue weighted by atomic mass is 9.97. The number of H-pyrrole nitrogens is 1. The molecule has 0 radical (unpaired) electrons. The van der Waals surface area contributed by atoms with Crippen LogP contribution in [0.4, 0.5) is 0 Å². The van der Waals surface area contributed by atoms with E-state index in [0.717, 1.165) is 21.6 Å². The standard InChI is InChI=1S/C14H14BrN3/c1-9(2)12(7-16)14-17-8-13(18-14)10-4-3-5-11(15)6-10/h3-6,8-9,12H,1-2H3,(H,17,18). The monoisotopic (exact) mass is 303 g/mol. The Kier molecular flexibility index (Phi) is 3.83. The van der Waals surface area contributed by atoms with Crippen LogP contribution >= 0.6 is 15.9 Å². The number of imidazole rings is 1. The van der Waals surface area contributed by atoms with E-state index in [9.17, 15) is 0 Å². The van der Waals surface area contributed by atoms with Crippen molar-refractivity contribution in [3.05, 3.63) is 40.8 Å². The van der Waals surface area contributed by atoms with Crippen LogP contribution in [0.25, 0.3) is 11.3 Å². The van der Waals surface area contributed by atoms with E-state index in [1.807, 2.05) is 38.1 Å². The summed E-state index contributed by atoms with van der Waals surface area (Å²) in [4.78, 5) is 7.56.